The first kappa shape index (κ1) is 28.6. The summed E-state index contributed by atoms with van der Waals surface area (Å²) in [6.07, 6.45) is 1.71. The van der Waals surface area contributed by atoms with Gasteiger partial charge in [0, 0.05) is 25.2 Å². The molecule has 1 aromatic rings. The van der Waals surface area contributed by atoms with Gasteiger partial charge < -0.3 is 25.0 Å². The highest BCUT2D eigenvalue weighted by Gasteiger charge is 2.43. The van der Waals surface area contributed by atoms with Crippen molar-refractivity contribution in [1.29, 1.82) is 5.26 Å². The van der Waals surface area contributed by atoms with Crippen molar-refractivity contribution in [3.05, 3.63) is 47.5 Å². The predicted octanol–water partition coefficient (Wildman–Crippen LogP) is 1.99. The first-order chi connectivity index (χ1) is 17.4. The van der Waals surface area contributed by atoms with E-state index in [1.807, 2.05) is 55.1 Å². The minimum Gasteiger partial charge on any atom is -0.447 e. The van der Waals surface area contributed by atoms with Gasteiger partial charge in [0.1, 0.15) is 24.4 Å². The van der Waals surface area contributed by atoms with Crippen LogP contribution in [0.4, 0.5) is 9.18 Å². The van der Waals surface area contributed by atoms with Gasteiger partial charge in [0.25, 0.3) is 5.91 Å². The number of alkyl halides is 1. The SMILES string of the molecule is CC(C)(C=C(C#N)C(=O)N1CCC[C@]1(C)COC(=O)NC(Cc1ccccc1)B(O)O)N1CC[C@H](F)C1. The first-order valence-electron chi connectivity index (χ1n) is 12.6. The number of nitrogens with zero attached hydrogens (tertiary/aromatic N) is 3. The number of likely N-dealkylation sites (tertiary alicyclic amines) is 2. The number of hydrogen-bond acceptors (Lipinski definition) is 7. The number of carbonyl (C=O) groups excluding carboxylic acids is 2. The third-order valence-electron chi connectivity index (χ3n) is 7.26. The molecule has 0 spiro atoms. The van der Waals surface area contributed by atoms with Crippen LogP contribution in [0.15, 0.2) is 42.0 Å². The Labute approximate surface area is 218 Å². The fourth-order valence-electron chi connectivity index (χ4n) is 5.01. The van der Waals surface area contributed by atoms with Crippen LogP contribution >= 0.6 is 0 Å². The van der Waals surface area contributed by atoms with Gasteiger partial charge in [-0.15, -0.1) is 0 Å². The molecule has 11 heteroatoms. The van der Waals surface area contributed by atoms with Crippen LogP contribution in [0.3, 0.4) is 0 Å². The molecular weight excluding hydrogens is 478 g/mol. The summed E-state index contributed by atoms with van der Waals surface area (Å²) in [7, 11) is -1.79. The van der Waals surface area contributed by atoms with E-state index in [2.05, 4.69) is 5.32 Å². The summed E-state index contributed by atoms with van der Waals surface area (Å²) < 4.78 is 19.2. The summed E-state index contributed by atoms with van der Waals surface area (Å²) in [6, 6.07) is 11.1. The number of amides is 2. The van der Waals surface area contributed by atoms with E-state index in [0.717, 1.165) is 5.56 Å². The predicted molar refractivity (Wildman–Crippen MR) is 137 cm³/mol. The number of alkyl carbamates (subject to hydrolysis) is 1. The molecule has 3 N–H and O–H groups in total. The first-order valence-corrected chi connectivity index (χ1v) is 12.6. The van der Waals surface area contributed by atoms with Gasteiger partial charge in [0.05, 0.1) is 11.5 Å². The zero-order chi connectivity index (χ0) is 27.2. The van der Waals surface area contributed by atoms with Crippen LogP contribution in [0.2, 0.25) is 0 Å². The normalized spacial score (nSPS) is 23.4. The number of nitrogens with one attached hydrogen (secondary N) is 1. The van der Waals surface area contributed by atoms with Crippen molar-refractivity contribution in [3.63, 3.8) is 0 Å². The van der Waals surface area contributed by atoms with Crippen molar-refractivity contribution >= 4 is 19.1 Å². The lowest BCUT2D eigenvalue weighted by Gasteiger charge is -2.36. The van der Waals surface area contributed by atoms with Crippen molar-refractivity contribution < 1.29 is 28.8 Å². The molecule has 2 amide bonds. The molecule has 0 aliphatic carbocycles. The Balaban J connectivity index is 1.64. The molecule has 0 radical (unpaired) electrons. The molecule has 0 bridgehead atoms. The number of benzene rings is 1. The Bertz CT molecular complexity index is 1030. The highest BCUT2D eigenvalue weighted by atomic mass is 19.1. The van der Waals surface area contributed by atoms with Crippen LogP contribution < -0.4 is 5.32 Å². The largest absolute Gasteiger partial charge is 0.475 e. The van der Waals surface area contributed by atoms with Crippen molar-refractivity contribution in [3.8, 4) is 6.07 Å². The molecule has 0 aromatic heterocycles. The lowest BCUT2D eigenvalue weighted by Crippen LogP contribution is -2.52. The Morgan fingerprint density at radius 1 is 1.35 bits per heavy atom. The van der Waals surface area contributed by atoms with E-state index in [1.165, 1.54) is 0 Å². The maximum atomic E-state index is 13.7. The number of nitriles is 1. The van der Waals surface area contributed by atoms with E-state index in [-0.39, 0.29) is 25.1 Å². The minimum absolute atomic E-state index is 0.0313. The summed E-state index contributed by atoms with van der Waals surface area (Å²) in [4.78, 5) is 29.4. The van der Waals surface area contributed by atoms with E-state index >= 15 is 0 Å². The number of rotatable bonds is 9. The van der Waals surface area contributed by atoms with Gasteiger partial charge in [-0.05, 0) is 58.1 Å². The number of halogens is 1. The summed E-state index contributed by atoms with van der Waals surface area (Å²) >= 11 is 0. The molecular formula is C26H36BFN4O5. The van der Waals surface area contributed by atoms with Gasteiger partial charge in [-0.3, -0.25) is 9.69 Å². The molecule has 37 heavy (non-hydrogen) atoms. The van der Waals surface area contributed by atoms with Crippen LogP contribution in [0.25, 0.3) is 0 Å². The Morgan fingerprint density at radius 3 is 2.65 bits per heavy atom. The van der Waals surface area contributed by atoms with Gasteiger partial charge >= 0.3 is 13.2 Å². The number of ether oxygens (including phenoxy) is 1. The van der Waals surface area contributed by atoms with E-state index in [4.69, 9.17) is 4.74 Å². The van der Waals surface area contributed by atoms with Crippen molar-refractivity contribution in [2.45, 2.75) is 69.6 Å². The van der Waals surface area contributed by atoms with Gasteiger partial charge in [0.2, 0.25) is 0 Å². The van der Waals surface area contributed by atoms with Crippen LogP contribution in [-0.2, 0) is 16.0 Å². The van der Waals surface area contributed by atoms with Crippen LogP contribution in [-0.4, -0.2) is 88.4 Å². The summed E-state index contributed by atoms with van der Waals surface area (Å²) in [5.74, 6) is -1.43. The molecule has 3 rings (SSSR count). The Kier molecular flexibility index (Phi) is 9.34. The topological polar surface area (TPSA) is 126 Å². The monoisotopic (exact) mass is 514 g/mol. The molecule has 1 aromatic carbocycles. The lowest BCUT2D eigenvalue weighted by molar-refractivity contribution is -0.131. The second-order valence-corrected chi connectivity index (χ2v) is 10.6. The third-order valence-corrected chi connectivity index (χ3v) is 7.26. The van der Waals surface area contributed by atoms with Crippen LogP contribution in [0.5, 0.6) is 0 Å². The summed E-state index contributed by atoms with van der Waals surface area (Å²) in [5.41, 5.74) is -0.724. The molecule has 0 saturated carbocycles. The second kappa shape index (κ2) is 12.1. The molecule has 2 saturated heterocycles. The van der Waals surface area contributed by atoms with Gasteiger partial charge in [-0.25, -0.2) is 9.18 Å². The van der Waals surface area contributed by atoms with E-state index < -0.39 is 42.3 Å². The molecule has 2 aliphatic rings. The summed E-state index contributed by atoms with van der Waals surface area (Å²) in [5, 5.41) is 31.7. The molecule has 2 aliphatic heterocycles. The van der Waals surface area contributed by atoms with E-state index in [0.29, 0.717) is 32.4 Å². The maximum Gasteiger partial charge on any atom is 0.475 e. The molecule has 3 atom stereocenters. The summed E-state index contributed by atoms with van der Waals surface area (Å²) in [6.45, 7) is 6.59. The Morgan fingerprint density at radius 2 is 2.05 bits per heavy atom. The molecule has 200 valence electrons. The molecule has 2 heterocycles. The second-order valence-electron chi connectivity index (χ2n) is 10.6. The molecule has 9 nitrogen and oxygen atoms in total. The average Bonchev–Trinajstić information content (AvgIpc) is 3.47. The minimum atomic E-state index is -1.79. The van der Waals surface area contributed by atoms with Crippen LogP contribution in [0, 0.1) is 11.3 Å². The smallest absolute Gasteiger partial charge is 0.447 e. The maximum absolute atomic E-state index is 13.7. The van der Waals surface area contributed by atoms with Crippen molar-refractivity contribution in [1.82, 2.24) is 15.1 Å². The van der Waals surface area contributed by atoms with Crippen molar-refractivity contribution in [2.75, 3.05) is 26.2 Å². The quantitative estimate of drug-likeness (QED) is 0.261. The molecule has 1 unspecified atom stereocenters. The van der Waals surface area contributed by atoms with Gasteiger partial charge in [0.15, 0.2) is 0 Å². The zero-order valence-corrected chi connectivity index (χ0v) is 21.7. The van der Waals surface area contributed by atoms with Gasteiger partial charge in [-0.1, -0.05) is 30.3 Å². The lowest BCUT2D eigenvalue weighted by atomic mass is 9.76. The fraction of sp³-hybridized carbons (Fsp3) is 0.577. The van der Waals surface area contributed by atoms with E-state index in [9.17, 15) is 29.3 Å². The van der Waals surface area contributed by atoms with Crippen LogP contribution in [0.1, 0.15) is 45.6 Å². The fourth-order valence-corrected chi connectivity index (χ4v) is 5.01. The highest BCUT2D eigenvalue weighted by Crippen LogP contribution is 2.32. The molecule has 2 fully saturated rings. The zero-order valence-electron chi connectivity index (χ0n) is 21.7. The highest BCUT2D eigenvalue weighted by molar-refractivity contribution is 6.43. The number of hydrogen-bond donors (Lipinski definition) is 3. The third kappa shape index (κ3) is 7.31. The van der Waals surface area contributed by atoms with Crippen molar-refractivity contribution in [2.24, 2.45) is 0 Å². The standard InChI is InChI=1S/C26H36BFN4O5/c1-25(2,31-13-10-21(28)17-31)15-20(16-29)23(33)32-12-7-11-26(32,3)18-37-24(34)30-22(27(35)36)14-19-8-5-4-6-9-19/h4-6,8-9,15,21-22,35-36H,7,10-14,17-18H2,1-3H3,(H,30,34)/t21-,22?,26+/m0/s1. The van der Waals surface area contributed by atoms with E-state index in [1.54, 1.807) is 17.9 Å². The number of carbonyl (C=O) groups is 2. The Hall–Kier alpha value is -2.94. The average molecular weight is 514 g/mol. The van der Waals surface area contributed by atoms with Gasteiger partial charge in [-0.2, -0.15) is 5.26 Å².